The lowest BCUT2D eigenvalue weighted by Crippen LogP contribution is -2.45. The van der Waals surface area contributed by atoms with Crippen molar-refractivity contribution in [1.29, 1.82) is 0 Å². The van der Waals surface area contributed by atoms with Gasteiger partial charge in [0.15, 0.2) is 0 Å². The maximum absolute atomic E-state index is 3.60. The first kappa shape index (κ1) is 15.0. The number of nitrogens with one attached hydrogen (secondary N) is 1. The van der Waals surface area contributed by atoms with Gasteiger partial charge in [-0.3, -0.25) is 0 Å². The summed E-state index contributed by atoms with van der Waals surface area (Å²) in [6.45, 7) is 11.8. The Hall–Kier alpha value is -0.0800. The Bertz CT molecular complexity index is 205. The van der Waals surface area contributed by atoms with Gasteiger partial charge >= 0.3 is 0 Å². The van der Waals surface area contributed by atoms with Crippen molar-refractivity contribution in [1.82, 2.24) is 10.2 Å². The topological polar surface area (TPSA) is 15.3 Å². The molecule has 0 radical (unpaired) electrons. The van der Waals surface area contributed by atoms with Crippen molar-refractivity contribution in [3.05, 3.63) is 0 Å². The van der Waals surface area contributed by atoms with Gasteiger partial charge in [0, 0.05) is 13.1 Å². The van der Waals surface area contributed by atoms with Gasteiger partial charge in [0.2, 0.25) is 0 Å². The van der Waals surface area contributed by atoms with Gasteiger partial charge in [0.1, 0.15) is 0 Å². The molecule has 0 saturated heterocycles. The van der Waals surface area contributed by atoms with Crippen LogP contribution in [-0.2, 0) is 0 Å². The van der Waals surface area contributed by atoms with Crippen LogP contribution in [0.1, 0.15) is 52.9 Å². The summed E-state index contributed by atoms with van der Waals surface area (Å²) >= 11 is 0. The van der Waals surface area contributed by atoms with Crippen LogP contribution in [0.5, 0.6) is 0 Å². The fourth-order valence-electron chi connectivity index (χ4n) is 3.55. The molecular weight excluding hydrogens is 208 g/mol. The third-order valence-corrected chi connectivity index (χ3v) is 4.15. The smallest absolute Gasteiger partial charge is 0.00472 e. The van der Waals surface area contributed by atoms with Gasteiger partial charge in [0.25, 0.3) is 0 Å². The van der Waals surface area contributed by atoms with E-state index < -0.39 is 0 Å². The molecule has 2 unspecified atom stereocenters. The first-order valence-electron chi connectivity index (χ1n) is 7.51. The number of rotatable bonds is 7. The fourth-order valence-corrected chi connectivity index (χ4v) is 3.55. The predicted molar refractivity (Wildman–Crippen MR) is 76.4 cm³/mol. The van der Waals surface area contributed by atoms with E-state index in [4.69, 9.17) is 0 Å². The van der Waals surface area contributed by atoms with E-state index in [1.54, 1.807) is 0 Å². The Morgan fingerprint density at radius 1 is 1.35 bits per heavy atom. The molecule has 0 heterocycles. The van der Waals surface area contributed by atoms with Crippen LogP contribution in [0.3, 0.4) is 0 Å². The molecule has 2 heteroatoms. The maximum Gasteiger partial charge on any atom is 0.00472 e. The lowest BCUT2D eigenvalue weighted by Gasteiger charge is -2.43. The summed E-state index contributed by atoms with van der Waals surface area (Å²) < 4.78 is 0. The molecule has 1 saturated carbocycles. The van der Waals surface area contributed by atoms with E-state index in [-0.39, 0.29) is 0 Å². The molecular formula is C15H32N2. The molecule has 17 heavy (non-hydrogen) atoms. The molecule has 1 N–H and O–H groups in total. The summed E-state index contributed by atoms with van der Waals surface area (Å²) in [6.07, 6.45) is 6.95. The van der Waals surface area contributed by atoms with Crippen molar-refractivity contribution in [3.63, 3.8) is 0 Å². The van der Waals surface area contributed by atoms with Gasteiger partial charge < -0.3 is 10.2 Å². The molecule has 2 nitrogen and oxygen atoms in total. The second-order valence-corrected chi connectivity index (χ2v) is 6.22. The minimum Gasteiger partial charge on any atom is -0.316 e. The highest BCUT2D eigenvalue weighted by molar-refractivity contribution is 4.89. The second-order valence-electron chi connectivity index (χ2n) is 6.22. The van der Waals surface area contributed by atoms with Crippen molar-refractivity contribution in [2.75, 3.05) is 33.2 Å². The molecule has 0 aromatic rings. The Balaban J connectivity index is 2.57. The molecule has 1 aliphatic carbocycles. The van der Waals surface area contributed by atoms with E-state index >= 15 is 0 Å². The molecule has 0 spiro atoms. The predicted octanol–water partition coefficient (Wildman–Crippen LogP) is 3.13. The lowest BCUT2D eigenvalue weighted by molar-refractivity contribution is 0.0925. The average Bonchev–Trinajstić information content (AvgIpc) is 2.26. The van der Waals surface area contributed by atoms with Crippen LogP contribution in [0.4, 0.5) is 0 Å². The highest BCUT2D eigenvalue weighted by Gasteiger charge is 2.35. The largest absolute Gasteiger partial charge is 0.316 e. The molecule has 0 aromatic carbocycles. The van der Waals surface area contributed by atoms with E-state index in [0.717, 1.165) is 12.5 Å². The van der Waals surface area contributed by atoms with Gasteiger partial charge in [-0.1, -0.05) is 33.6 Å². The van der Waals surface area contributed by atoms with E-state index in [0.29, 0.717) is 5.41 Å². The van der Waals surface area contributed by atoms with Crippen LogP contribution >= 0.6 is 0 Å². The van der Waals surface area contributed by atoms with E-state index in [1.165, 1.54) is 51.7 Å². The minimum atomic E-state index is 0.539. The quantitative estimate of drug-likeness (QED) is 0.735. The summed E-state index contributed by atoms with van der Waals surface area (Å²) in [5.74, 6) is 0.914. The van der Waals surface area contributed by atoms with Crippen LogP contribution < -0.4 is 5.32 Å². The number of nitrogens with zero attached hydrogens (tertiary/aromatic N) is 1. The normalized spacial score (nSPS) is 29.8. The molecule has 1 rings (SSSR count). The lowest BCUT2D eigenvalue weighted by atomic mass is 9.69. The van der Waals surface area contributed by atoms with E-state index in [2.05, 4.69) is 38.0 Å². The van der Waals surface area contributed by atoms with Crippen LogP contribution in [0.25, 0.3) is 0 Å². The minimum absolute atomic E-state index is 0.539. The van der Waals surface area contributed by atoms with Crippen LogP contribution in [0, 0.1) is 11.3 Å². The van der Waals surface area contributed by atoms with Crippen molar-refractivity contribution in [3.8, 4) is 0 Å². The summed E-state index contributed by atoms with van der Waals surface area (Å²) in [6, 6.07) is 0. The average molecular weight is 240 g/mol. The third-order valence-electron chi connectivity index (χ3n) is 4.15. The zero-order valence-electron chi connectivity index (χ0n) is 12.4. The van der Waals surface area contributed by atoms with Crippen LogP contribution in [0.2, 0.25) is 0 Å². The molecule has 1 fully saturated rings. The molecule has 0 amide bonds. The summed E-state index contributed by atoms with van der Waals surface area (Å²) in [4.78, 5) is 2.54. The van der Waals surface area contributed by atoms with E-state index in [9.17, 15) is 0 Å². The summed E-state index contributed by atoms with van der Waals surface area (Å²) in [7, 11) is 2.29. The molecule has 0 aliphatic heterocycles. The zero-order valence-corrected chi connectivity index (χ0v) is 12.4. The first-order chi connectivity index (χ1) is 8.12. The Morgan fingerprint density at radius 2 is 2.12 bits per heavy atom. The highest BCUT2D eigenvalue weighted by atomic mass is 15.1. The first-order valence-corrected chi connectivity index (χ1v) is 7.51. The van der Waals surface area contributed by atoms with E-state index in [1.807, 2.05) is 0 Å². The van der Waals surface area contributed by atoms with Gasteiger partial charge in [-0.2, -0.15) is 0 Å². The SMILES string of the molecule is CCCN(C)CC1(CNCC)CCCC(C)C1. The van der Waals surface area contributed by atoms with Crippen molar-refractivity contribution < 1.29 is 0 Å². The molecule has 0 aromatic heterocycles. The monoisotopic (exact) mass is 240 g/mol. The van der Waals surface area contributed by atoms with Crippen molar-refractivity contribution in [2.24, 2.45) is 11.3 Å². The standard InChI is InChI=1S/C15H32N2/c1-5-10-17(4)13-15(12-16-6-2)9-7-8-14(3)11-15/h14,16H,5-13H2,1-4H3. The van der Waals surface area contributed by atoms with Gasteiger partial charge in [-0.25, -0.2) is 0 Å². The highest BCUT2D eigenvalue weighted by Crippen LogP contribution is 2.39. The maximum atomic E-state index is 3.60. The molecule has 0 bridgehead atoms. The third kappa shape index (κ3) is 4.97. The van der Waals surface area contributed by atoms with Crippen LogP contribution in [-0.4, -0.2) is 38.1 Å². The van der Waals surface area contributed by atoms with Gasteiger partial charge in [-0.15, -0.1) is 0 Å². The summed E-state index contributed by atoms with van der Waals surface area (Å²) in [5.41, 5.74) is 0.539. The molecule has 2 atom stereocenters. The van der Waals surface area contributed by atoms with Crippen LogP contribution in [0.15, 0.2) is 0 Å². The Morgan fingerprint density at radius 3 is 2.71 bits per heavy atom. The Kier molecular flexibility index (Phi) is 6.50. The molecule has 1 aliphatic rings. The van der Waals surface area contributed by atoms with Crippen molar-refractivity contribution >= 4 is 0 Å². The van der Waals surface area contributed by atoms with Gasteiger partial charge in [0.05, 0.1) is 0 Å². The van der Waals surface area contributed by atoms with Crippen molar-refractivity contribution in [2.45, 2.75) is 52.9 Å². The number of hydrogen-bond donors (Lipinski definition) is 1. The number of hydrogen-bond acceptors (Lipinski definition) is 2. The Labute approximate surface area is 108 Å². The van der Waals surface area contributed by atoms with Gasteiger partial charge in [-0.05, 0) is 50.7 Å². The summed E-state index contributed by atoms with van der Waals surface area (Å²) in [5, 5.41) is 3.60. The fraction of sp³-hybridized carbons (Fsp3) is 1.00. The molecule has 102 valence electrons. The second kappa shape index (κ2) is 7.38. The zero-order chi connectivity index (χ0) is 12.7.